The Balaban J connectivity index is 2.20. The van der Waals surface area contributed by atoms with Gasteiger partial charge in [0, 0.05) is 20.0 Å². The molecule has 4 nitrogen and oxygen atoms in total. The van der Waals surface area contributed by atoms with Crippen LogP contribution in [0.25, 0.3) is 0 Å². The first-order valence-electron chi connectivity index (χ1n) is 6.73. The van der Waals surface area contributed by atoms with Crippen molar-refractivity contribution in [2.75, 3.05) is 20.2 Å². The Morgan fingerprint density at radius 2 is 1.94 bits per heavy atom. The molecule has 18 heavy (non-hydrogen) atoms. The highest BCUT2D eigenvalue weighted by molar-refractivity contribution is 7.80. The maximum absolute atomic E-state index is 11.8. The molecule has 0 atom stereocenters. The van der Waals surface area contributed by atoms with Gasteiger partial charge in [-0.3, -0.25) is 4.79 Å². The Labute approximate surface area is 115 Å². The normalized spacial score (nSPS) is 17.2. The molecule has 0 aliphatic heterocycles. The van der Waals surface area contributed by atoms with Gasteiger partial charge in [-0.2, -0.15) is 0 Å². The number of likely N-dealkylation sites (N-methyl/N-ethyl adjacent to an activating group) is 1. The first-order chi connectivity index (χ1) is 8.59. The average molecular weight is 272 g/mol. The number of ether oxygens (including phenoxy) is 1. The molecular weight excluding hydrogens is 248 g/mol. The van der Waals surface area contributed by atoms with Gasteiger partial charge in [-0.05, 0) is 12.8 Å². The first-order valence-corrected chi connectivity index (χ1v) is 7.14. The predicted octanol–water partition coefficient (Wildman–Crippen LogP) is 1.86. The van der Waals surface area contributed by atoms with Crippen LogP contribution in [0.4, 0.5) is 0 Å². The number of amides is 1. The Hall–Kier alpha value is -0.680. The van der Waals surface area contributed by atoms with Crippen LogP contribution >= 0.6 is 12.2 Å². The number of hydrogen-bond acceptors (Lipinski definition) is 3. The van der Waals surface area contributed by atoms with Gasteiger partial charge in [0.2, 0.25) is 5.91 Å². The second-order valence-electron chi connectivity index (χ2n) is 4.96. The largest absolute Gasteiger partial charge is 0.393 e. The molecule has 0 aromatic heterocycles. The maximum atomic E-state index is 11.8. The molecule has 0 unspecified atom stereocenters. The van der Waals surface area contributed by atoms with Gasteiger partial charge >= 0.3 is 0 Å². The average Bonchev–Trinajstić information content (AvgIpc) is 2.61. The van der Waals surface area contributed by atoms with E-state index in [0.717, 1.165) is 12.8 Å². The summed E-state index contributed by atoms with van der Waals surface area (Å²) in [7, 11) is 1.76. The zero-order valence-corrected chi connectivity index (χ0v) is 12.0. The summed E-state index contributed by atoms with van der Waals surface area (Å²) in [4.78, 5) is 13.9. The van der Waals surface area contributed by atoms with E-state index < -0.39 is 0 Å². The molecule has 2 N–H and O–H groups in total. The molecule has 0 aromatic carbocycles. The molecule has 104 valence electrons. The molecule has 0 bridgehead atoms. The Morgan fingerprint density at radius 3 is 2.50 bits per heavy atom. The van der Waals surface area contributed by atoms with Crippen LogP contribution in [0, 0.1) is 0 Å². The summed E-state index contributed by atoms with van der Waals surface area (Å²) < 4.78 is 5.70. The van der Waals surface area contributed by atoms with Crippen LogP contribution in [0.2, 0.25) is 0 Å². The van der Waals surface area contributed by atoms with E-state index in [0.29, 0.717) is 18.0 Å². The zero-order chi connectivity index (χ0) is 13.4. The van der Waals surface area contributed by atoms with Crippen molar-refractivity contribution < 1.29 is 9.53 Å². The lowest BCUT2D eigenvalue weighted by Crippen LogP contribution is -2.34. The summed E-state index contributed by atoms with van der Waals surface area (Å²) in [6, 6.07) is 0. The Bertz CT molecular complexity index is 276. The van der Waals surface area contributed by atoms with Crippen LogP contribution < -0.4 is 5.73 Å². The van der Waals surface area contributed by atoms with Crippen molar-refractivity contribution in [3.05, 3.63) is 0 Å². The second-order valence-corrected chi connectivity index (χ2v) is 5.48. The minimum atomic E-state index is 0.00972. The van der Waals surface area contributed by atoms with Gasteiger partial charge in [-0.15, -0.1) is 0 Å². The van der Waals surface area contributed by atoms with Crippen molar-refractivity contribution in [2.24, 2.45) is 5.73 Å². The molecule has 0 heterocycles. The topological polar surface area (TPSA) is 55.6 Å². The number of carbonyl (C=O) groups excluding carboxylic acids is 1. The van der Waals surface area contributed by atoms with E-state index in [1.54, 1.807) is 11.9 Å². The van der Waals surface area contributed by atoms with Gasteiger partial charge in [-0.25, -0.2) is 0 Å². The SMILES string of the molecule is CN(CCC(N)=S)C(=O)COC1CCCCCC1. The van der Waals surface area contributed by atoms with Gasteiger partial charge in [0.1, 0.15) is 6.61 Å². The van der Waals surface area contributed by atoms with Crippen LogP contribution in [0.15, 0.2) is 0 Å². The number of nitrogens with zero attached hydrogens (tertiary/aromatic N) is 1. The van der Waals surface area contributed by atoms with Crippen LogP contribution in [0.1, 0.15) is 44.9 Å². The third-order valence-electron chi connectivity index (χ3n) is 3.36. The van der Waals surface area contributed by atoms with E-state index in [1.165, 1.54) is 25.7 Å². The molecule has 1 aliphatic carbocycles. The smallest absolute Gasteiger partial charge is 0.248 e. The summed E-state index contributed by atoms with van der Waals surface area (Å²) in [5.41, 5.74) is 5.41. The lowest BCUT2D eigenvalue weighted by atomic mass is 10.1. The standard InChI is InChI=1S/C13H24N2O2S/c1-15(9-8-12(14)18)13(16)10-17-11-6-4-2-3-5-7-11/h11H,2-10H2,1H3,(H2,14,18). The summed E-state index contributed by atoms with van der Waals surface area (Å²) in [5.74, 6) is 0.00972. The van der Waals surface area contributed by atoms with Crippen molar-refractivity contribution in [3.63, 3.8) is 0 Å². The van der Waals surface area contributed by atoms with E-state index in [9.17, 15) is 4.79 Å². The highest BCUT2D eigenvalue weighted by atomic mass is 32.1. The molecule has 0 aromatic rings. The molecule has 1 aliphatic rings. The van der Waals surface area contributed by atoms with Crippen molar-refractivity contribution >= 4 is 23.1 Å². The highest BCUT2D eigenvalue weighted by Crippen LogP contribution is 2.19. The second kappa shape index (κ2) is 8.43. The van der Waals surface area contributed by atoms with Crippen molar-refractivity contribution in [1.29, 1.82) is 0 Å². The molecule has 1 fully saturated rings. The molecule has 1 rings (SSSR count). The van der Waals surface area contributed by atoms with E-state index in [-0.39, 0.29) is 18.6 Å². The third kappa shape index (κ3) is 6.31. The Kier molecular flexibility index (Phi) is 7.20. The third-order valence-corrected chi connectivity index (χ3v) is 3.57. The number of carbonyl (C=O) groups is 1. The van der Waals surface area contributed by atoms with Crippen molar-refractivity contribution in [2.45, 2.75) is 51.0 Å². The molecule has 0 spiro atoms. The molecular formula is C13H24N2O2S. The fourth-order valence-corrected chi connectivity index (χ4v) is 2.20. The number of thiocarbonyl (C=S) groups is 1. The lowest BCUT2D eigenvalue weighted by Gasteiger charge is -2.20. The molecule has 0 radical (unpaired) electrons. The number of rotatable bonds is 6. The lowest BCUT2D eigenvalue weighted by molar-refractivity contribution is -0.137. The molecule has 1 amide bonds. The summed E-state index contributed by atoms with van der Waals surface area (Å²) in [6.07, 6.45) is 8.03. The maximum Gasteiger partial charge on any atom is 0.248 e. The summed E-state index contributed by atoms with van der Waals surface area (Å²) in [5, 5.41) is 0. The highest BCUT2D eigenvalue weighted by Gasteiger charge is 2.15. The Morgan fingerprint density at radius 1 is 1.33 bits per heavy atom. The van der Waals surface area contributed by atoms with Gasteiger partial charge in [-0.1, -0.05) is 37.9 Å². The molecule has 0 saturated heterocycles. The quantitative estimate of drug-likeness (QED) is 0.592. The van der Waals surface area contributed by atoms with Crippen molar-refractivity contribution in [1.82, 2.24) is 4.90 Å². The first kappa shape index (κ1) is 15.4. The molecule has 5 heteroatoms. The van der Waals surface area contributed by atoms with Crippen LogP contribution in [0.5, 0.6) is 0 Å². The monoisotopic (exact) mass is 272 g/mol. The van der Waals surface area contributed by atoms with Gasteiger partial charge in [0.25, 0.3) is 0 Å². The summed E-state index contributed by atoms with van der Waals surface area (Å²) >= 11 is 4.79. The van der Waals surface area contributed by atoms with E-state index in [1.807, 2.05) is 0 Å². The minimum absolute atomic E-state index is 0.00972. The van der Waals surface area contributed by atoms with E-state index >= 15 is 0 Å². The number of hydrogen-bond donors (Lipinski definition) is 1. The zero-order valence-electron chi connectivity index (χ0n) is 11.2. The fraction of sp³-hybridized carbons (Fsp3) is 0.846. The van der Waals surface area contributed by atoms with Crippen LogP contribution in [-0.4, -0.2) is 42.1 Å². The van der Waals surface area contributed by atoms with Crippen molar-refractivity contribution in [3.8, 4) is 0 Å². The van der Waals surface area contributed by atoms with E-state index in [4.69, 9.17) is 22.7 Å². The predicted molar refractivity (Wildman–Crippen MR) is 76.5 cm³/mol. The van der Waals surface area contributed by atoms with E-state index in [2.05, 4.69) is 0 Å². The van der Waals surface area contributed by atoms with Gasteiger partial charge in [0.05, 0.1) is 11.1 Å². The minimum Gasteiger partial charge on any atom is -0.393 e. The van der Waals surface area contributed by atoms with Gasteiger partial charge in [0.15, 0.2) is 0 Å². The van der Waals surface area contributed by atoms with Gasteiger partial charge < -0.3 is 15.4 Å². The fourth-order valence-electron chi connectivity index (χ4n) is 2.11. The summed E-state index contributed by atoms with van der Waals surface area (Å²) in [6.45, 7) is 0.751. The molecule has 1 saturated carbocycles. The van der Waals surface area contributed by atoms with Crippen LogP contribution in [0.3, 0.4) is 0 Å². The number of nitrogens with two attached hydrogens (primary N) is 1. The van der Waals surface area contributed by atoms with Crippen LogP contribution in [-0.2, 0) is 9.53 Å².